The van der Waals surface area contributed by atoms with E-state index in [0.29, 0.717) is 22.5 Å². The van der Waals surface area contributed by atoms with E-state index in [9.17, 15) is 9.90 Å². The molecule has 0 saturated carbocycles. The summed E-state index contributed by atoms with van der Waals surface area (Å²) in [5, 5.41) is 12.5. The van der Waals surface area contributed by atoms with E-state index in [-0.39, 0.29) is 11.7 Å². The van der Waals surface area contributed by atoms with Crippen LogP contribution in [0.15, 0.2) is 22.7 Å². The minimum atomic E-state index is -0.129. The molecule has 1 fully saturated rings. The average molecular weight is 327 g/mol. The summed E-state index contributed by atoms with van der Waals surface area (Å²) in [6.45, 7) is 2.87. The van der Waals surface area contributed by atoms with Gasteiger partial charge in [-0.3, -0.25) is 4.79 Å². The number of nitrogens with zero attached hydrogens (tertiary/aromatic N) is 1. The van der Waals surface area contributed by atoms with Crippen molar-refractivity contribution in [2.45, 2.75) is 12.8 Å². The third-order valence-corrected chi connectivity index (χ3v) is 4.15. The molecule has 0 aliphatic carbocycles. The molecule has 1 aliphatic rings. The van der Waals surface area contributed by atoms with Gasteiger partial charge in [-0.15, -0.1) is 0 Å². The topological polar surface area (TPSA) is 52.6 Å². The predicted octanol–water partition coefficient (Wildman–Crippen LogP) is 2.23. The minimum absolute atomic E-state index is 0.0880. The Bertz CT molecular complexity index is 465. The fraction of sp³-hybridized carbons (Fsp3) is 0.500. The summed E-state index contributed by atoms with van der Waals surface area (Å²) >= 11 is 3.20. The van der Waals surface area contributed by atoms with Crippen LogP contribution in [0.3, 0.4) is 0 Å². The maximum Gasteiger partial charge on any atom is 0.251 e. The first-order chi connectivity index (χ1) is 9.06. The lowest BCUT2D eigenvalue weighted by atomic mass is 9.98. The van der Waals surface area contributed by atoms with Gasteiger partial charge in [-0.05, 0) is 66.5 Å². The lowest BCUT2D eigenvalue weighted by Crippen LogP contribution is -2.39. The number of nitrogens with one attached hydrogen (secondary N) is 1. The van der Waals surface area contributed by atoms with Crippen molar-refractivity contribution in [3.63, 3.8) is 0 Å². The van der Waals surface area contributed by atoms with Gasteiger partial charge >= 0.3 is 0 Å². The number of phenols is 1. The third kappa shape index (κ3) is 3.94. The first kappa shape index (κ1) is 14.3. The summed E-state index contributed by atoms with van der Waals surface area (Å²) in [6, 6.07) is 4.86. The number of amides is 1. The van der Waals surface area contributed by atoms with Crippen molar-refractivity contribution in [1.29, 1.82) is 0 Å². The van der Waals surface area contributed by atoms with Crippen molar-refractivity contribution in [3.05, 3.63) is 28.2 Å². The third-order valence-electron chi connectivity index (χ3n) is 3.48. The van der Waals surface area contributed by atoms with E-state index in [1.807, 2.05) is 0 Å². The molecule has 1 aliphatic heterocycles. The maximum absolute atomic E-state index is 12.0. The number of carbonyl (C=O) groups is 1. The Hall–Kier alpha value is -1.07. The summed E-state index contributed by atoms with van der Waals surface area (Å²) < 4.78 is 0.595. The van der Waals surface area contributed by atoms with Gasteiger partial charge in [0.25, 0.3) is 5.91 Å². The zero-order valence-electron chi connectivity index (χ0n) is 11.0. The zero-order valence-corrected chi connectivity index (χ0v) is 12.6. The quantitative estimate of drug-likeness (QED) is 0.895. The number of hydrogen-bond donors (Lipinski definition) is 2. The highest BCUT2D eigenvalue weighted by Gasteiger charge is 2.18. The van der Waals surface area contributed by atoms with E-state index in [2.05, 4.69) is 33.2 Å². The average Bonchev–Trinajstić information content (AvgIpc) is 2.39. The number of piperidine rings is 1. The maximum atomic E-state index is 12.0. The van der Waals surface area contributed by atoms with Crippen LogP contribution in [-0.2, 0) is 0 Å². The molecule has 1 unspecified atom stereocenters. The van der Waals surface area contributed by atoms with E-state index in [1.54, 1.807) is 12.1 Å². The summed E-state index contributed by atoms with van der Waals surface area (Å²) in [5.74, 6) is 0.479. The van der Waals surface area contributed by atoms with E-state index >= 15 is 0 Å². The van der Waals surface area contributed by atoms with Crippen LogP contribution in [0.1, 0.15) is 23.2 Å². The molecule has 1 amide bonds. The van der Waals surface area contributed by atoms with E-state index in [4.69, 9.17) is 0 Å². The number of phenolic OH excluding ortho intramolecular Hbond substituents is 1. The first-order valence-electron chi connectivity index (χ1n) is 6.51. The molecule has 1 aromatic rings. The van der Waals surface area contributed by atoms with Gasteiger partial charge in [-0.1, -0.05) is 0 Å². The molecule has 1 aromatic carbocycles. The van der Waals surface area contributed by atoms with E-state index < -0.39 is 0 Å². The SMILES string of the molecule is CN1CCCC(CNC(=O)c2ccc(Br)c(O)c2)C1. The Morgan fingerprint density at radius 3 is 3.05 bits per heavy atom. The summed E-state index contributed by atoms with van der Waals surface area (Å²) in [5.41, 5.74) is 0.491. The molecule has 5 heteroatoms. The number of benzene rings is 1. The van der Waals surface area contributed by atoms with Gasteiger partial charge in [-0.2, -0.15) is 0 Å². The largest absolute Gasteiger partial charge is 0.507 e. The molecule has 2 N–H and O–H groups in total. The molecule has 0 radical (unpaired) electrons. The highest BCUT2D eigenvalue weighted by molar-refractivity contribution is 9.10. The van der Waals surface area contributed by atoms with Gasteiger partial charge in [0.15, 0.2) is 0 Å². The Morgan fingerprint density at radius 2 is 2.37 bits per heavy atom. The van der Waals surface area contributed by atoms with E-state index in [0.717, 1.165) is 19.5 Å². The second-order valence-corrected chi connectivity index (χ2v) is 6.00. The molecule has 1 atom stereocenters. The van der Waals surface area contributed by atoms with Crippen LogP contribution in [0.5, 0.6) is 5.75 Å². The normalized spacial score (nSPS) is 20.2. The number of hydrogen-bond acceptors (Lipinski definition) is 3. The number of rotatable bonds is 3. The number of likely N-dealkylation sites (tertiary alicyclic amines) is 1. The molecule has 1 saturated heterocycles. The lowest BCUT2D eigenvalue weighted by Gasteiger charge is -2.29. The molecule has 19 heavy (non-hydrogen) atoms. The van der Waals surface area contributed by atoms with Gasteiger partial charge in [-0.25, -0.2) is 0 Å². The molecule has 0 aromatic heterocycles. The first-order valence-corrected chi connectivity index (χ1v) is 7.31. The molecule has 2 rings (SSSR count). The van der Waals surface area contributed by atoms with Crippen LogP contribution >= 0.6 is 15.9 Å². The van der Waals surface area contributed by atoms with E-state index in [1.165, 1.54) is 12.5 Å². The van der Waals surface area contributed by atoms with Gasteiger partial charge in [0.05, 0.1) is 4.47 Å². The highest BCUT2D eigenvalue weighted by atomic mass is 79.9. The minimum Gasteiger partial charge on any atom is -0.507 e. The number of halogens is 1. The van der Waals surface area contributed by atoms with Crippen LogP contribution in [0.25, 0.3) is 0 Å². The molecule has 0 spiro atoms. The molecule has 1 heterocycles. The van der Waals surface area contributed by atoms with Crippen LogP contribution in [0, 0.1) is 5.92 Å². The van der Waals surface area contributed by atoms with Crippen molar-refractivity contribution >= 4 is 21.8 Å². The van der Waals surface area contributed by atoms with Crippen LogP contribution in [-0.4, -0.2) is 42.6 Å². The van der Waals surface area contributed by atoms with Crippen LogP contribution in [0.2, 0.25) is 0 Å². The second kappa shape index (κ2) is 6.39. The van der Waals surface area contributed by atoms with Crippen molar-refractivity contribution in [1.82, 2.24) is 10.2 Å². The monoisotopic (exact) mass is 326 g/mol. The summed E-state index contributed by atoms with van der Waals surface area (Å²) in [6.07, 6.45) is 2.35. The predicted molar refractivity (Wildman–Crippen MR) is 78.4 cm³/mol. The van der Waals surface area contributed by atoms with Crippen molar-refractivity contribution < 1.29 is 9.90 Å². The van der Waals surface area contributed by atoms with Crippen molar-refractivity contribution in [2.24, 2.45) is 5.92 Å². The van der Waals surface area contributed by atoms with Gasteiger partial charge in [0.1, 0.15) is 5.75 Å². The molecular weight excluding hydrogens is 308 g/mol. The molecule has 0 bridgehead atoms. The van der Waals surface area contributed by atoms with Gasteiger partial charge < -0.3 is 15.3 Å². The second-order valence-electron chi connectivity index (χ2n) is 5.15. The highest BCUT2D eigenvalue weighted by Crippen LogP contribution is 2.24. The number of carbonyl (C=O) groups excluding carboxylic acids is 1. The molecular formula is C14H19BrN2O2. The Labute approximate surface area is 121 Å². The Kier molecular flexibility index (Phi) is 4.82. The van der Waals surface area contributed by atoms with Crippen LogP contribution < -0.4 is 5.32 Å². The molecule has 4 nitrogen and oxygen atoms in total. The van der Waals surface area contributed by atoms with Gasteiger partial charge in [0, 0.05) is 18.7 Å². The standard InChI is InChI=1S/C14H19BrN2O2/c1-17-6-2-3-10(9-17)8-16-14(19)11-4-5-12(15)13(18)7-11/h4-5,7,10,18H,2-3,6,8-9H2,1H3,(H,16,19). The lowest BCUT2D eigenvalue weighted by molar-refractivity contribution is 0.0936. The smallest absolute Gasteiger partial charge is 0.251 e. The van der Waals surface area contributed by atoms with Gasteiger partial charge in [0.2, 0.25) is 0 Å². The molecule has 104 valence electrons. The van der Waals surface area contributed by atoms with Crippen molar-refractivity contribution in [2.75, 3.05) is 26.7 Å². The number of aromatic hydroxyl groups is 1. The van der Waals surface area contributed by atoms with Crippen LogP contribution in [0.4, 0.5) is 0 Å². The summed E-state index contributed by atoms with van der Waals surface area (Å²) in [7, 11) is 2.11. The Balaban J connectivity index is 1.88. The fourth-order valence-electron chi connectivity index (χ4n) is 2.43. The van der Waals surface area contributed by atoms with Crippen molar-refractivity contribution in [3.8, 4) is 5.75 Å². The zero-order chi connectivity index (χ0) is 13.8. The Morgan fingerprint density at radius 1 is 1.58 bits per heavy atom. The summed E-state index contributed by atoms with van der Waals surface area (Å²) in [4.78, 5) is 14.3. The fourth-order valence-corrected chi connectivity index (χ4v) is 2.68.